The topological polar surface area (TPSA) is 67.9 Å². The zero-order valence-corrected chi connectivity index (χ0v) is 19.5. The highest BCUT2D eigenvalue weighted by Crippen LogP contribution is 2.32. The fourth-order valence-corrected chi connectivity index (χ4v) is 3.60. The van der Waals surface area contributed by atoms with E-state index in [1.54, 1.807) is 7.11 Å². The first kappa shape index (κ1) is 23.5. The van der Waals surface area contributed by atoms with Crippen LogP contribution in [0.2, 0.25) is 0 Å². The van der Waals surface area contributed by atoms with Gasteiger partial charge in [0.25, 0.3) is 11.8 Å². The first-order valence-electron chi connectivity index (χ1n) is 11.0. The number of nitrogens with one attached hydrogen (secondary N) is 1. The molecule has 0 saturated heterocycles. The van der Waals surface area contributed by atoms with E-state index < -0.39 is 0 Å². The van der Waals surface area contributed by atoms with E-state index in [0.29, 0.717) is 42.3 Å². The van der Waals surface area contributed by atoms with Crippen LogP contribution in [-0.4, -0.2) is 43.1 Å². The van der Waals surface area contributed by atoms with Crippen LogP contribution >= 0.6 is 0 Å². The van der Waals surface area contributed by atoms with Crippen LogP contribution in [0, 0.1) is 0 Å². The van der Waals surface area contributed by atoms with Crippen molar-refractivity contribution in [1.82, 2.24) is 4.90 Å². The van der Waals surface area contributed by atoms with E-state index in [4.69, 9.17) is 9.47 Å². The van der Waals surface area contributed by atoms with Crippen LogP contribution in [0.5, 0.6) is 5.75 Å². The molecule has 1 heterocycles. The van der Waals surface area contributed by atoms with E-state index in [9.17, 15) is 9.59 Å². The van der Waals surface area contributed by atoms with Crippen molar-refractivity contribution < 1.29 is 19.1 Å². The van der Waals surface area contributed by atoms with Crippen LogP contribution in [0.25, 0.3) is 5.57 Å². The predicted octanol–water partition coefficient (Wildman–Crippen LogP) is 4.83. The number of rotatable bonds is 10. The van der Waals surface area contributed by atoms with Gasteiger partial charge in [0.15, 0.2) is 0 Å². The van der Waals surface area contributed by atoms with Gasteiger partial charge in [0.05, 0.1) is 11.7 Å². The summed E-state index contributed by atoms with van der Waals surface area (Å²) in [4.78, 5) is 27.7. The smallest absolute Gasteiger partial charge is 0.278 e. The molecule has 2 aromatic rings. The van der Waals surface area contributed by atoms with Gasteiger partial charge >= 0.3 is 0 Å². The lowest BCUT2D eigenvalue weighted by molar-refractivity contribution is -0.136. The summed E-state index contributed by atoms with van der Waals surface area (Å²) < 4.78 is 10.8. The zero-order valence-electron chi connectivity index (χ0n) is 19.5. The van der Waals surface area contributed by atoms with Crippen molar-refractivity contribution >= 4 is 23.1 Å². The fraction of sp³-hybridized carbons (Fsp3) is 0.385. The number of amides is 2. The quantitative estimate of drug-likeness (QED) is 0.427. The van der Waals surface area contributed by atoms with Gasteiger partial charge in [-0.05, 0) is 61.6 Å². The van der Waals surface area contributed by atoms with Crippen molar-refractivity contribution in [3.63, 3.8) is 0 Å². The number of hydrogen-bond donors (Lipinski definition) is 1. The number of carbonyl (C=O) groups excluding carboxylic acids is 2. The lowest BCUT2D eigenvalue weighted by atomic mass is 10.0. The normalized spacial score (nSPS) is 14.2. The first-order chi connectivity index (χ1) is 15.3. The number of carbonyl (C=O) groups is 2. The Labute approximate surface area is 190 Å². The Kier molecular flexibility index (Phi) is 7.70. The van der Waals surface area contributed by atoms with Crippen LogP contribution in [0.4, 0.5) is 5.69 Å². The molecule has 2 aromatic carbocycles. The standard InChI is InChI=1S/C26H32N2O4/c1-17(2)19-7-11-21(12-8-19)27-24-23(20-9-13-22(14-10-20)32-18(3)4)25(29)28(26(24)30)15-6-16-31-5/h7-14,17-18,27H,6,15-16H2,1-5H3. The molecule has 1 aliphatic rings. The van der Waals surface area contributed by atoms with E-state index >= 15 is 0 Å². The molecule has 6 heteroatoms. The molecule has 2 amide bonds. The average Bonchev–Trinajstić information content (AvgIpc) is 2.99. The number of anilines is 1. The molecule has 6 nitrogen and oxygen atoms in total. The number of ether oxygens (including phenoxy) is 2. The molecular weight excluding hydrogens is 404 g/mol. The number of imide groups is 1. The molecule has 0 radical (unpaired) electrons. The second-order valence-electron chi connectivity index (χ2n) is 8.45. The lowest BCUT2D eigenvalue weighted by Gasteiger charge is -2.15. The second kappa shape index (κ2) is 10.5. The Morgan fingerprint density at radius 1 is 0.906 bits per heavy atom. The Morgan fingerprint density at radius 3 is 2.12 bits per heavy atom. The Bertz CT molecular complexity index is 976. The molecule has 170 valence electrons. The van der Waals surface area contributed by atoms with Gasteiger partial charge in [-0.2, -0.15) is 0 Å². The highest BCUT2D eigenvalue weighted by atomic mass is 16.5. The van der Waals surface area contributed by atoms with Crippen LogP contribution < -0.4 is 10.1 Å². The summed E-state index contributed by atoms with van der Waals surface area (Å²) in [5.41, 5.74) is 3.32. The van der Waals surface area contributed by atoms with Crippen molar-refractivity contribution in [2.75, 3.05) is 25.6 Å². The fourth-order valence-electron chi connectivity index (χ4n) is 3.60. The minimum atomic E-state index is -0.323. The van der Waals surface area contributed by atoms with E-state index in [-0.39, 0.29) is 17.9 Å². The van der Waals surface area contributed by atoms with Gasteiger partial charge in [-0.1, -0.05) is 38.1 Å². The summed E-state index contributed by atoms with van der Waals surface area (Å²) in [6.45, 7) is 8.97. The lowest BCUT2D eigenvalue weighted by Crippen LogP contribution is -2.33. The predicted molar refractivity (Wildman–Crippen MR) is 126 cm³/mol. The summed E-state index contributed by atoms with van der Waals surface area (Å²) in [6.07, 6.45) is 0.635. The van der Waals surface area contributed by atoms with Crippen molar-refractivity contribution in [3.05, 3.63) is 65.4 Å². The highest BCUT2D eigenvalue weighted by Gasteiger charge is 2.38. The molecule has 0 aliphatic carbocycles. The van der Waals surface area contributed by atoms with Gasteiger partial charge in [-0.15, -0.1) is 0 Å². The highest BCUT2D eigenvalue weighted by molar-refractivity contribution is 6.36. The maximum Gasteiger partial charge on any atom is 0.278 e. The minimum Gasteiger partial charge on any atom is -0.491 e. The largest absolute Gasteiger partial charge is 0.491 e. The molecule has 3 rings (SSSR count). The second-order valence-corrected chi connectivity index (χ2v) is 8.45. The monoisotopic (exact) mass is 436 g/mol. The number of methoxy groups -OCH3 is 1. The average molecular weight is 437 g/mol. The molecule has 32 heavy (non-hydrogen) atoms. The van der Waals surface area contributed by atoms with E-state index in [0.717, 1.165) is 11.4 Å². The van der Waals surface area contributed by atoms with Gasteiger partial charge in [-0.3, -0.25) is 14.5 Å². The van der Waals surface area contributed by atoms with Gasteiger partial charge in [-0.25, -0.2) is 0 Å². The minimum absolute atomic E-state index is 0.0528. The molecule has 0 fully saturated rings. The number of benzene rings is 2. The SMILES string of the molecule is COCCCN1C(=O)C(Nc2ccc(C(C)C)cc2)=C(c2ccc(OC(C)C)cc2)C1=O. The molecule has 0 atom stereocenters. The van der Waals surface area contributed by atoms with Gasteiger partial charge in [0, 0.05) is 25.9 Å². The van der Waals surface area contributed by atoms with E-state index in [1.165, 1.54) is 10.5 Å². The molecule has 0 spiro atoms. The van der Waals surface area contributed by atoms with Crippen molar-refractivity contribution in [2.45, 2.75) is 46.1 Å². The van der Waals surface area contributed by atoms with Crippen LogP contribution in [0.3, 0.4) is 0 Å². The molecule has 0 bridgehead atoms. The maximum absolute atomic E-state index is 13.3. The Balaban J connectivity index is 1.94. The molecule has 0 aromatic heterocycles. The van der Waals surface area contributed by atoms with Gasteiger partial charge < -0.3 is 14.8 Å². The maximum atomic E-state index is 13.3. The molecular formula is C26H32N2O4. The summed E-state index contributed by atoms with van der Waals surface area (Å²) >= 11 is 0. The summed E-state index contributed by atoms with van der Waals surface area (Å²) in [5.74, 6) is 0.509. The third kappa shape index (κ3) is 5.37. The zero-order chi connectivity index (χ0) is 23.3. The van der Waals surface area contributed by atoms with Crippen molar-refractivity contribution in [2.24, 2.45) is 0 Å². The van der Waals surface area contributed by atoms with Crippen molar-refractivity contribution in [1.29, 1.82) is 0 Å². The Morgan fingerprint density at radius 2 is 1.56 bits per heavy atom. The molecule has 0 saturated carbocycles. The van der Waals surface area contributed by atoms with Crippen molar-refractivity contribution in [3.8, 4) is 5.75 Å². The summed E-state index contributed by atoms with van der Waals surface area (Å²) in [7, 11) is 1.60. The first-order valence-corrected chi connectivity index (χ1v) is 11.0. The molecule has 1 N–H and O–H groups in total. The Hall–Kier alpha value is -3.12. The van der Waals surface area contributed by atoms with E-state index in [1.807, 2.05) is 62.4 Å². The van der Waals surface area contributed by atoms with Crippen LogP contribution in [0.15, 0.2) is 54.2 Å². The summed E-state index contributed by atoms with van der Waals surface area (Å²) in [6, 6.07) is 15.2. The molecule has 0 unspecified atom stereocenters. The molecule has 1 aliphatic heterocycles. The third-order valence-corrected chi connectivity index (χ3v) is 5.26. The van der Waals surface area contributed by atoms with E-state index in [2.05, 4.69) is 19.2 Å². The van der Waals surface area contributed by atoms with Crippen LogP contribution in [-0.2, 0) is 14.3 Å². The van der Waals surface area contributed by atoms with Gasteiger partial charge in [0.2, 0.25) is 0 Å². The third-order valence-electron chi connectivity index (χ3n) is 5.26. The summed E-state index contributed by atoms with van der Waals surface area (Å²) in [5, 5.41) is 3.21. The number of nitrogens with zero attached hydrogens (tertiary/aromatic N) is 1. The van der Waals surface area contributed by atoms with Gasteiger partial charge in [0.1, 0.15) is 11.4 Å². The van der Waals surface area contributed by atoms with Crippen LogP contribution in [0.1, 0.15) is 51.2 Å². The number of hydrogen-bond acceptors (Lipinski definition) is 5.